The molecule has 0 aromatic heterocycles. The van der Waals surface area contributed by atoms with Crippen molar-refractivity contribution in [1.29, 1.82) is 0 Å². The number of likely N-dealkylation sites (N-methyl/N-ethyl adjacent to an activating group) is 1. The second-order valence-corrected chi connectivity index (χ2v) is 5.52. The number of fused-ring (bicyclic) bond motifs is 1. The lowest BCUT2D eigenvalue weighted by atomic mass is 9.71. The predicted molar refractivity (Wildman–Crippen MR) is 86.9 cm³/mol. The van der Waals surface area contributed by atoms with Gasteiger partial charge in [0.1, 0.15) is 5.75 Å². The van der Waals surface area contributed by atoms with Gasteiger partial charge in [-0.15, -0.1) is 0 Å². The molecule has 1 aliphatic rings. The minimum atomic E-state index is 0.327. The maximum atomic E-state index is 5.83. The first kappa shape index (κ1) is 14.2. The molecule has 0 radical (unpaired) electrons. The van der Waals surface area contributed by atoms with Crippen LogP contribution in [0.5, 0.6) is 5.75 Å². The highest BCUT2D eigenvalue weighted by molar-refractivity contribution is 5.46. The minimum Gasteiger partial charge on any atom is -0.494 e. The van der Waals surface area contributed by atoms with Crippen LogP contribution in [0.15, 0.2) is 48.5 Å². The Balaban J connectivity index is 1.93. The zero-order valence-corrected chi connectivity index (χ0v) is 12.8. The molecule has 0 spiro atoms. The maximum Gasteiger partial charge on any atom is 0.124 e. The van der Waals surface area contributed by atoms with Gasteiger partial charge in [-0.3, -0.25) is 0 Å². The molecular formula is C19H23NO. The summed E-state index contributed by atoms with van der Waals surface area (Å²) < 4.78 is 5.83. The summed E-state index contributed by atoms with van der Waals surface area (Å²) in [6, 6.07) is 17.5. The summed E-state index contributed by atoms with van der Waals surface area (Å²) in [5, 5.41) is 3.66. The van der Waals surface area contributed by atoms with Crippen LogP contribution < -0.4 is 10.1 Å². The van der Waals surface area contributed by atoms with Gasteiger partial charge < -0.3 is 10.1 Å². The van der Waals surface area contributed by atoms with E-state index < -0.39 is 0 Å². The van der Waals surface area contributed by atoms with E-state index in [1.54, 1.807) is 0 Å². The Bertz CT molecular complexity index is 608. The average molecular weight is 281 g/mol. The van der Waals surface area contributed by atoms with E-state index in [-0.39, 0.29) is 0 Å². The highest BCUT2D eigenvalue weighted by atomic mass is 16.5. The van der Waals surface area contributed by atoms with Gasteiger partial charge in [0.2, 0.25) is 0 Å². The van der Waals surface area contributed by atoms with Crippen LogP contribution in [0.25, 0.3) is 0 Å². The van der Waals surface area contributed by atoms with E-state index in [1.807, 2.05) is 13.0 Å². The van der Waals surface area contributed by atoms with E-state index >= 15 is 0 Å². The summed E-state index contributed by atoms with van der Waals surface area (Å²) in [6.07, 6.45) is 1.15. The molecule has 110 valence electrons. The molecule has 0 heterocycles. The number of ether oxygens (including phenoxy) is 1. The summed E-state index contributed by atoms with van der Waals surface area (Å²) in [5.74, 6) is 1.55. The van der Waals surface area contributed by atoms with Crippen LogP contribution in [0.1, 0.15) is 42.5 Å². The second-order valence-electron chi connectivity index (χ2n) is 5.52. The molecule has 2 atom stereocenters. The molecule has 0 saturated carbocycles. The van der Waals surface area contributed by atoms with Crippen molar-refractivity contribution < 1.29 is 4.74 Å². The molecule has 1 aliphatic carbocycles. The molecule has 1 N–H and O–H groups in total. The van der Waals surface area contributed by atoms with Crippen molar-refractivity contribution in [2.75, 3.05) is 13.2 Å². The highest BCUT2D eigenvalue weighted by Crippen LogP contribution is 2.45. The van der Waals surface area contributed by atoms with E-state index in [0.29, 0.717) is 18.6 Å². The Morgan fingerprint density at radius 3 is 2.62 bits per heavy atom. The van der Waals surface area contributed by atoms with Crippen molar-refractivity contribution in [3.8, 4) is 5.75 Å². The molecule has 0 bridgehead atoms. The van der Waals surface area contributed by atoms with Crippen molar-refractivity contribution in [3.05, 3.63) is 65.2 Å². The summed E-state index contributed by atoms with van der Waals surface area (Å²) in [7, 11) is 0. The summed E-state index contributed by atoms with van der Waals surface area (Å²) in [6.45, 7) is 5.87. The molecule has 2 heteroatoms. The third-order valence-corrected chi connectivity index (χ3v) is 4.27. The number of benzene rings is 2. The fourth-order valence-corrected chi connectivity index (χ4v) is 3.31. The molecule has 0 fully saturated rings. The van der Waals surface area contributed by atoms with E-state index in [2.05, 4.69) is 54.7 Å². The topological polar surface area (TPSA) is 21.3 Å². The predicted octanol–water partition coefficient (Wildman–Crippen LogP) is 4.08. The van der Waals surface area contributed by atoms with Crippen LogP contribution in [0, 0.1) is 0 Å². The number of hydrogen-bond acceptors (Lipinski definition) is 2. The van der Waals surface area contributed by atoms with Crippen molar-refractivity contribution in [3.63, 3.8) is 0 Å². The largest absolute Gasteiger partial charge is 0.494 e. The van der Waals surface area contributed by atoms with Crippen molar-refractivity contribution >= 4 is 0 Å². The van der Waals surface area contributed by atoms with Gasteiger partial charge in [-0.1, -0.05) is 49.4 Å². The SMILES string of the molecule is CCNC(c1ccccc1OCC)C1Cc2ccccc21. The molecular weight excluding hydrogens is 258 g/mol. The molecule has 2 unspecified atom stereocenters. The van der Waals surface area contributed by atoms with Crippen LogP contribution in [-0.4, -0.2) is 13.2 Å². The Kier molecular flexibility index (Phi) is 4.26. The Labute approximate surface area is 127 Å². The Hall–Kier alpha value is -1.80. The first-order chi connectivity index (χ1) is 10.3. The quantitative estimate of drug-likeness (QED) is 0.861. The summed E-state index contributed by atoms with van der Waals surface area (Å²) in [5.41, 5.74) is 4.25. The molecule has 3 rings (SSSR count). The van der Waals surface area contributed by atoms with Crippen LogP contribution >= 0.6 is 0 Å². The lowest BCUT2D eigenvalue weighted by Gasteiger charge is -2.37. The maximum absolute atomic E-state index is 5.83. The molecule has 0 amide bonds. The third kappa shape index (κ3) is 2.68. The van der Waals surface area contributed by atoms with E-state index in [4.69, 9.17) is 4.74 Å². The summed E-state index contributed by atoms with van der Waals surface area (Å²) >= 11 is 0. The van der Waals surface area contributed by atoms with Gasteiger partial charge >= 0.3 is 0 Å². The van der Waals surface area contributed by atoms with Gasteiger partial charge in [0.25, 0.3) is 0 Å². The number of hydrogen-bond donors (Lipinski definition) is 1. The first-order valence-corrected chi connectivity index (χ1v) is 7.88. The normalized spacial score (nSPS) is 17.7. The fraction of sp³-hybridized carbons (Fsp3) is 0.368. The smallest absolute Gasteiger partial charge is 0.124 e. The minimum absolute atomic E-state index is 0.327. The standard InChI is InChI=1S/C19H23NO/c1-3-20-19(16-11-7-8-12-18(16)21-4-2)17-13-14-9-5-6-10-15(14)17/h5-12,17,19-20H,3-4,13H2,1-2H3. The van der Waals surface area contributed by atoms with Crippen LogP contribution in [-0.2, 0) is 6.42 Å². The number of para-hydroxylation sites is 1. The lowest BCUT2D eigenvalue weighted by molar-refractivity contribution is 0.324. The molecule has 0 saturated heterocycles. The third-order valence-electron chi connectivity index (χ3n) is 4.27. The van der Waals surface area contributed by atoms with Crippen molar-refractivity contribution in [1.82, 2.24) is 5.32 Å². The molecule has 0 aliphatic heterocycles. The molecule has 2 nitrogen and oxygen atoms in total. The van der Waals surface area contributed by atoms with Crippen LogP contribution in [0.3, 0.4) is 0 Å². The number of nitrogens with one attached hydrogen (secondary N) is 1. The zero-order chi connectivity index (χ0) is 14.7. The Morgan fingerprint density at radius 2 is 1.86 bits per heavy atom. The van der Waals surface area contributed by atoms with Gasteiger partial charge in [0, 0.05) is 17.5 Å². The van der Waals surface area contributed by atoms with E-state index in [9.17, 15) is 0 Å². The zero-order valence-electron chi connectivity index (χ0n) is 12.8. The van der Waals surface area contributed by atoms with E-state index in [0.717, 1.165) is 18.7 Å². The van der Waals surface area contributed by atoms with E-state index in [1.165, 1.54) is 16.7 Å². The van der Waals surface area contributed by atoms with Gasteiger partial charge in [-0.2, -0.15) is 0 Å². The highest BCUT2D eigenvalue weighted by Gasteiger charge is 2.34. The Morgan fingerprint density at radius 1 is 1.10 bits per heavy atom. The summed E-state index contributed by atoms with van der Waals surface area (Å²) in [4.78, 5) is 0. The van der Waals surface area contributed by atoms with Gasteiger partial charge in [0.15, 0.2) is 0 Å². The second kappa shape index (κ2) is 6.31. The van der Waals surface area contributed by atoms with Gasteiger partial charge in [0.05, 0.1) is 6.61 Å². The van der Waals surface area contributed by atoms with Crippen molar-refractivity contribution in [2.24, 2.45) is 0 Å². The fourth-order valence-electron chi connectivity index (χ4n) is 3.31. The van der Waals surface area contributed by atoms with Gasteiger partial charge in [-0.05, 0) is 37.1 Å². The molecule has 2 aromatic carbocycles. The molecule has 21 heavy (non-hydrogen) atoms. The van der Waals surface area contributed by atoms with Crippen LogP contribution in [0.2, 0.25) is 0 Å². The number of rotatable bonds is 6. The van der Waals surface area contributed by atoms with Crippen LogP contribution in [0.4, 0.5) is 0 Å². The molecule has 2 aromatic rings. The van der Waals surface area contributed by atoms with Gasteiger partial charge in [-0.25, -0.2) is 0 Å². The monoisotopic (exact) mass is 281 g/mol. The van der Waals surface area contributed by atoms with Crippen molar-refractivity contribution in [2.45, 2.75) is 32.2 Å². The lowest BCUT2D eigenvalue weighted by Crippen LogP contribution is -2.33. The first-order valence-electron chi connectivity index (χ1n) is 7.88. The average Bonchev–Trinajstić information content (AvgIpc) is 2.49.